The number of aromatic nitrogens is 1. The summed E-state index contributed by atoms with van der Waals surface area (Å²) in [4.78, 5) is 29.6. The van der Waals surface area contributed by atoms with E-state index in [9.17, 15) is 14.7 Å². The van der Waals surface area contributed by atoms with E-state index in [1.807, 2.05) is 0 Å². The Bertz CT molecular complexity index is 657. The standard InChI is InChI=1S/C19H28N2O3/c1-12(2)10-17(22)13-6-8-21(9-7-13)19(24)15-11-14-4-3-5-16(14)20-18(15)23/h11-13,17,22H,3-10H2,1-2H3,(H,20,23)/t17-/m1/s1. The molecule has 2 aliphatic rings. The number of aliphatic hydroxyl groups excluding tert-OH is 1. The third-order valence-corrected chi connectivity index (χ3v) is 5.40. The van der Waals surface area contributed by atoms with Crippen molar-refractivity contribution in [3.63, 3.8) is 0 Å². The number of aliphatic hydroxyl groups is 1. The van der Waals surface area contributed by atoms with Crippen molar-refractivity contribution >= 4 is 5.91 Å². The van der Waals surface area contributed by atoms with Crippen molar-refractivity contribution in [3.8, 4) is 0 Å². The molecule has 1 aromatic heterocycles. The van der Waals surface area contributed by atoms with Crippen LogP contribution in [0.4, 0.5) is 0 Å². The lowest BCUT2D eigenvalue weighted by Gasteiger charge is -2.34. The van der Waals surface area contributed by atoms with Gasteiger partial charge in [-0.2, -0.15) is 0 Å². The summed E-state index contributed by atoms with van der Waals surface area (Å²) in [5, 5.41) is 10.3. The van der Waals surface area contributed by atoms with Crippen LogP contribution in [0.1, 0.15) is 61.1 Å². The molecule has 1 aromatic rings. The Morgan fingerprint density at radius 3 is 2.71 bits per heavy atom. The fraction of sp³-hybridized carbons (Fsp3) is 0.684. The monoisotopic (exact) mass is 332 g/mol. The van der Waals surface area contributed by atoms with Crippen LogP contribution in [0.5, 0.6) is 0 Å². The minimum absolute atomic E-state index is 0.164. The Labute approximate surface area is 143 Å². The third kappa shape index (κ3) is 3.56. The SMILES string of the molecule is CC(C)C[C@@H](O)C1CCN(C(=O)c2cc3c([nH]c2=O)CCC3)CC1. The summed E-state index contributed by atoms with van der Waals surface area (Å²) in [5.74, 6) is 0.571. The average Bonchev–Trinajstić information content (AvgIpc) is 3.00. The van der Waals surface area contributed by atoms with Crippen molar-refractivity contribution in [2.45, 2.75) is 58.5 Å². The number of aryl methyl sites for hydroxylation is 2. The Morgan fingerprint density at radius 1 is 1.33 bits per heavy atom. The fourth-order valence-corrected chi connectivity index (χ4v) is 4.01. The molecule has 1 aliphatic carbocycles. The topological polar surface area (TPSA) is 73.4 Å². The Morgan fingerprint density at radius 2 is 2.04 bits per heavy atom. The molecule has 2 heterocycles. The van der Waals surface area contributed by atoms with Crippen molar-refractivity contribution in [1.29, 1.82) is 0 Å². The fourth-order valence-electron chi connectivity index (χ4n) is 4.01. The van der Waals surface area contributed by atoms with E-state index < -0.39 is 0 Å². The minimum Gasteiger partial charge on any atom is -0.393 e. The molecular formula is C19H28N2O3. The molecule has 0 bridgehead atoms. The molecule has 1 aliphatic heterocycles. The zero-order valence-electron chi connectivity index (χ0n) is 14.7. The summed E-state index contributed by atoms with van der Waals surface area (Å²) >= 11 is 0. The number of rotatable bonds is 4. The maximum Gasteiger partial charge on any atom is 0.261 e. The summed E-state index contributed by atoms with van der Waals surface area (Å²) in [6.07, 6.45) is 5.02. The zero-order valence-corrected chi connectivity index (χ0v) is 14.7. The van der Waals surface area contributed by atoms with Gasteiger partial charge in [0.25, 0.3) is 11.5 Å². The maximum atomic E-state index is 12.7. The second-order valence-electron chi connectivity index (χ2n) is 7.70. The highest BCUT2D eigenvalue weighted by molar-refractivity contribution is 5.94. The van der Waals surface area contributed by atoms with E-state index in [1.54, 1.807) is 11.0 Å². The van der Waals surface area contributed by atoms with Gasteiger partial charge in [-0.05, 0) is 62.0 Å². The number of carbonyl (C=O) groups is 1. The van der Waals surface area contributed by atoms with E-state index in [4.69, 9.17) is 0 Å². The van der Waals surface area contributed by atoms with E-state index in [0.717, 1.165) is 49.8 Å². The molecule has 132 valence electrons. The zero-order chi connectivity index (χ0) is 17.3. The Hall–Kier alpha value is -1.62. The van der Waals surface area contributed by atoms with Gasteiger partial charge in [0.2, 0.25) is 0 Å². The van der Waals surface area contributed by atoms with E-state index in [2.05, 4.69) is 18.8 Å². The van der Waals surface area contributed by atoms with Gasteiger partial charge in [-0.25, -0.2) is 0 Å². The molecule has 1 amide bonds. The molecule has 0 saturated carbocycles. The first-order valence-electron chi connectivity index (χ1n) is 9.18. The second-order valence-corrected chi connectivity index (χ2v) is 7.70. The first-order valence-corrected chi connectivity index (χ1v) is 9.18. The van der Waals surface area contributed by atoms with Gasteiger partial charge in [-0.1, -0.05) is 13.8 Å². The summed E-state index contributed by atoms with van der Waals surface area (Å²) in [7, 11) is 0. The lowest BCUT2D eigenvalue weighted by molar-refractivity contribution is 0.0384. The molecule has 1 saturated heterocycles. The van der Waals surface area contributed by atoms with Crippen LogP contribution >= 0.6 is 0 Å². The number of likely N-dealkylation sites (tertiary alicyclic amines) is 1. The maximum absolute atomic E-state index is 12.7. The van der Waals surface area contributed by atoms with Gasteiger partial charge < -0.3 is 15.0 Å². The van der Waals surface area contributed by atoms with Gasteiger partial charge in [-0.3, -0.25) is 9.59 Å². The number of nitrogens with zero attached hydrogens (tertiary/aromatic N) is 1. The average molecular weight is 332 g/mol. The Kier molecular flexibility index (Phi) is 5.09. The molecule has 0 unspecified atom stereocenters. The number of hydrogen-bond acceptors (Lipinski definition) is 3. The number of hydrogen-bond donors (Lipinski definition) is 2. The minimum atomic E-state index is -0.286. The second kappa shape index (κ2) is 7.09. The molecule has 0 radical (unpaired) electrons. The highest BCUT2D eigenvalue weighted by Gasteiger charge is 2.29. The molecule has 1 atom stereocenters. The number of carbonyl (C=O) groups excluding carboxylic acids is 1. The van der Waals surface area contributed by atoms with Crippen LogP contribution in [0.15, 0.2) is 10.9 Å². The van der Waals surface area contributed by atoms with E-state index in [-0.39, 0.29) is 29.1 Å². The van der Waals surface area contributed by atoms with E-state index in [0.29, 0.717) is 19.0 Å². The number of piperidine rings is 1. The molecule has 24 heavy (non-hydrogen) atoms. The number of nitrogens with one attached hydrogen (secondary N) is 1. The van der Waals surface area contributed by atoms with Crippen molar-refractivity contribution in [2.75, 3.05) is 13.1 Å². The van der Waals surface area contributed by atoms with Crippen LogP contribution in [0.25, 0.3) is 0 Å². The van der Waals surface area contributed by atoms with Crippen molar-refractivity contribution in [2.24, 2.45) is 11.8 Å². The third-order valence-electron chi connectivity index (χ3n) is 5.40. The number of aromatic amines is 1. The van der Waals surface area contributed by atoms with Crippen LogP contribution in [-0.2, 0) is 12.8 Å². The lowest BCUT2D eigenvalue weighted by atomic mass is 9.87. The summed E-state index contributed by atoms with van der Waals surface area (Å²) < 4.78 is 0. The quantitative estimate of drug-likeness (QED) is 0.887. The molecular weight excluding hydrogens is 304 g/mol. The molecule has 0 spiro atoms. The van der Waals surface area contributed by atoms with Gasteiger partial charge in [0.05, 0.1) is 6.10 Å². The van der Waals surface area contributed by atoms with Gasteiger partial charge >= 0.3 is 0 Å². The highest BCUT2D eigenvalue weighted by atomic mass is 16.3. The van der Waals surface area contributed by atoms with E-state index in [1.165, 1.54) is 0 Å². The summed E-state index contributed by atoms with van der Waals surface area (Å²) in [6.45, 7) is 5.47. The molecule has 5 heteroatoms. The van der Waals surface area contributed by atoms with Crippen LogP contribution in [-0.4, -0.2) is 40.1 Å². The van der Waals surface area contributed by atoms with Crippen LogP contribution in [0, 0.1) is 11.8 Å². The van der Waals surface area contributed by atoms with Crippen molar-refractivity contribution < 1.29 is 9.90 Å². The number of amides is 1. The van der Waals surface area contributed by atoms with Crippen LogP contribution < -0.4 is 5.56 Å². The van der Waals surface area contributed by atoms with Crippen LogP contribution in [0.3, 0.4) is 0 Å². The highest BCUT2D eigenvalue weighted by Crippen LogP contribution is 2.25. The van der Waals surface area contributed by atoms with Gasteiger partial charge in [0.1, 0.15) is 5.56 Å². The summed E-state index contributed by atoms with van der Waals surface area (Å²) in [6, 6.07) is 1.79. The molecule has 1 fully saturated rings. The Balaban J connectivity index is 1.65. The predicted molar refractivity (Wildman–Crippen MR) is 93.2 cm³/mol. The van der Waals surface area contributed by atoms with Crippen molar-refractivity contribution in [3.05, 3.63) is 33.2 Å². The molecule has 3 rings (SSSR count). The molecule has 2 N–H and O–H groups in total. The van der Waals surface area contributed by atoms with Gasteiger partial charge in [-0.15, -0.1) is 0 Å². The number of H-pyrrole nitrogens is 1. The van der Waals surface area contributed by atoms with Crippen LogP contribution in [0.2, 0.25) is 0 Å². The smallest absolute Gasteiger partial charge is 0.261 e. The molecule has 0 aromatic carbocycles. The predicted octanol–water partition coefficient (Wildman–Crippen LogP) is 2.12. The first kappa shape index (κ1) is 17.2. The lowest BCUT2D eigenvalue weighted by Crippen LogP contribution is -2.43. The van der Waals surface area contributed by atoms with Gasteiger partial charge in [0.15, 0.2) is 0 Å². The first-order chi connectivity index (χ1) is 11.5. The number of pyridine rings is 1. The van der Waals surface area contributed by atoms with E-state index >= 15 is 0 Å². The summed E-state index contributed by atoms with van der Waals surface area (Å²) in [5.41, 5.74) is 2.12. The number of fused-ring (bicyclic) bond motifs is 1. The molecule has 5 nitrogen and oxygen atoms in total. The normalized spacial score (nSPS) is 19.6. The van der Waals surface area contributed by atoms with Crippen molar-refractivity contribution in [1.82, 2.24) is 9.88 Å². The largest absolute Gasteiger partial charge is 0.393 e. The van der Waals surface area contributed by atoms with Gasteiger partial charge in [0, 0.05) is 18.8 Å².